The molecule has 0 aromatic carbocycles. The fourth-order valence-corrected chi connectivity index (χ4v) is 1.45. The third-order valence-electron chi connectivity index (χ3n) is 3.54. The maximum Gasteiger partial charge on any atom is 0.331 e. The van der Waals surface area contributed by atoms with Gasteiger partial charge in [-0.15, -0.1) is 0 Å². The van der Waals surface area contributed by atoms with Crippen molar-refractivity contribution in [1.29, 1.82) is 0 Å². The summed E-state index contributed by atoms with van der Waals surface area (Å²) in [7, 11) is 1.96. The summed E-state index contributed by atoms with van der Waals surface area (Å²) in [5.41, 5.74) is -0.0776. The molecule has 0 heterocycles. The van der Waals surface area contributed by atoms with Gasteiger partial charge in [-0.25, -0.2) is 9.59 Å². The first kappa shape index (κ1) is 19.1. The van der Waals surface area contributed by atoms with Gasteiger partial charge in [-0.1, -0.05) is 6.92 Å². The quantitative estimate of drug-likeness (QED) is 0.608. The fraction of sp³-hybridized carbons (Fsp3) is 0.643. The van der Waals surface area contributed by atoms with Gasteiger partial charge in [-0.3, -0.25) is 10.1 Å². The van der Waals surface area contributed by atoms with Crippen LogP contribution in [0.5, 0.6) is 0 Å². The first-order valence-electron chi connectivity index (χ1n) is 6.90. The average Bonchev–Trinajstić information content (AvgIpc) is 2.44. The van der Waals surface area contributed by atoms with Crippen molar-refractivity contribution in [2.75, 3.05) is 20.1 Å². The number of nitrogens with zero attached hydrogens (tertiary/aromatic N) is 1. The predicted molar refractivity (Wildman–Crippen MR) is 79.9 cm³/mol. The maximum atomic E-state index is 11.6. The molecule has 120 valence electrons. The van der Waals surface area contributed by atoms with Crippen molar-refractivity contribution in [3.05, 3.63) is 11.1 Å². The van der Waals surface area contributed by atoms with Crippen LogP contribution in [0.3, 0.4) is 0 Å². The van der Waals surface area contributed by atoms with Crippen molar-refractivity contribution in [2.45, 2.75) is 40.2 Å². The number of likely N-dealkylation sites (N-methyl/N-ethyl adjacent to an activating group) is 1. The average molecular weight is 299 g/mol. The Bertz CT molecular complexity index is 432. The Morgan fingerprint density at radius 1 is 1.19 bits per heavy atom. The predicted octanol–water partition coefficient (Wildman–Crippen LogP) is 0.964. The summed E-state index contributed by atoms with van der Waals surface area (Å²) in [6.45, 7) is 7.92. The number of carbonyl (C=O) groups excluding carboxylic acids is 2. The van der Waals surface area contributed by atoms with Gasteiger partial charge in [0.15, 0.2) is 0 Å². The van der Waals surface area contributed by atoms with E-state index in [1.165, 1.54) is 13.8 Å². The first-order valence-corrected chi connectivity index (χ1v) is 6.90. The third-order valence-corrected chi connectivity index (χ3v) is 3.54. The summed E-state index contributed by atoms with van der Waals surface area (Å²) >= 11 is 0. The lowest BCUT2D eigenvalue weighted by atomic mass is 10.1. The topological polar surface area (TPSA) is 98.7 Å². The number of imide groups is 1. The lowest BCUT2D eigenvalue weighted by Crippen LogP contribution is -2.43. The van der Waals surface area contributed by atoms with Crippen LogP contribution in [-0.4, -0.2) is 54.1 Å². The largest absolute Gasteiger partial charge is 0.478 e. The van der Waals surface area contributed by atoms with E-state index in [-0.39, 0.29) is 11.1 Å². The Morgan fingerprint density at radius 3 is 2.24 bits per heavy atom. The van der Waals surface area contributed by atoms with E-state index in [4.69, 9.17) is 5.11 Å². The standard InChI is InChI=1S/C14H25N3O4/c1-6-9(2)17(5)8-7-15-14(21)16-12(18)10(3)11(4)13(19)20/h9H,6-8H2,1-5H3,(H,19,20)(H2,15,16,18,21). The second kappa shape index (κ2) is 9.12. The maximum absolute atomic E-state index is 11.6. The van der Waals surface area contributed by atoms with E-state index >= 15 is 0 Å². The van der Waals surface area contributed by atoms with Crippen LogP contribution in [0.1, 0.15) is 34.1 Å². The lowest BCUT2D eigenvalue weighted by Gasteiger charge is -2.23. The number of amides is 3. The van der Waals surface area contributed by atoms with Crippen LogP contribution in [0, 0.1) is 0 Å². The molecular weight excluding hydrogens is 274 g/mol. The van der Waals surface area contributed by atoms with E-state index in [9.17, 15) is 14.4 Å². The summed E-state index contributed by atoms with van der Waals surface area (Å²) in [5.74, 6) is -1.89. The van der Waals surface area contributed by atoms with Crippen molar-refractivity contribution in [2.24, 2.45) is 0 Å². The summed E-state index contributed by atoms with van der Waals surface area (Å²) < 4.78 is 0. The van der Waals surface area contributed by atoms with Crippen LogP contribution in [-0.2, 0) is 9.59 Å². The van der Waals surface area contributed by atoms with E-state index in [0.29, 0.717) is 19.1 Å². The Kier molecular flexibility index (Phi) is 8.30. The summed E-state index contributed by atoms with van der Waals surface area (Å²) in [6, 6.07) is -0.213. The van der Waals surface area contributed by atoms with Gasteiger partial charge in [0.2, 0.25) is 0 Å². The molecule has 0 bridgehead atoms. The Balaban J connectivity index is 4.25. The van der Waals surface area contributed by atoms with Crippen molar-refractivity contribution >= 4 is 17.9 Å². The van der Waals surface area contributed by atoms with Crippen LogP contribution >= 0.6 is 0 Å². The van der Waals surface area contributed by atoms with Crippen molar-refractivity contribution < 1.29 is 19.5 Å². The molecule has 7 nitrogen and oxygen atoms in total. The summed E-state index contributed by atoms with van der Waals surface area (Å²) in [4.78, 5) is 36.0. The molecule has 1 atom stereocenters. The molecule has 0 spiro atoms. The molecule has 0 saturated heterocycles. The number of rotatable bonds is 7. The molecule has 0 saturated carbocycles. The number of hydrogen-bond donors (Lipinski definition) is 3. The van der Waals surface area contributed by atoms with Crippen LogP contribution in [0.4, 0.5) is 4.79 Å². The zero-order chi connectivity index (χ0) is 16.6. The minimum absolute atomic E-state index is 0.00868. The van der Waals surface area contributed by atoms with Gasteiger partial charge >= 0.3 is 12.0 Å². The molecular formula is C14H25N3O4. The molecule has 0 aliphatic carbocycles. The zero-order valence-corrected chi connectivity index (χ0v) is 13.3. The molecule has 0 aromatic heterocycles. The van der Waals surface area contributed by atoms with E-state index in [1.807, 2.05) is 7.05 Å². The van der Waals surface area contributed by atoms with Crippen LogP contribution < -0.4 is 10.6 Å². The highest BCUT2D eigenvalue weighted by molar-refractivity contribution is 6.07. The van der Waals surface area contributed by atoms with Gasteiger partial charge in [0, 0.05) is 30.3 Å². The highest BCUT2D eigenvalue weighted by Crippen LogP contribution is 2.03. The minimum Gasteiger partial charge on any atom is -0.478 e. The minimum atomic E-state index is -1.18. The third kappa shape index (κ3) is 6.89. The normalized spacial score (nSPS) is 13.4. The molecule has 21 heavy (non-hydrogen) atoms. The number of aliphatic carboxylic acids is 1. The van der Waals surface area contributed by atoms with E-state index in [0.717, 1.165) is 6.42 Å². The van der Waals surface area contributed by atoms with Crippen LogP contribution in [0.15, 0.2) is 11.1 Å². The molecule has 0 fully saturated rings. The molecule has 0 aromatic rings. The van der Waals surface area contributed by atoms with Crippen molar-refractivity contribution in [3.8, 4) is 0 Å². The number of carboxylic acid groups (broad SMARTS) is 1. The van der Waals surface area contributed by atoms with Crippen molar-refractivity contribution in [1.82, 2.24) is 15.5 Å². The fourth-order valence-electron chi connectivity index (χ4n) is 1.45. The molecule has 7 heteroatoms. The monoisotopic (exact) mass is 299 g/mol. The van der Waals surface area contributed by atoms with Gasteiger partial charge in [0.05, 0.1) is 0 Å². The molecule has 3 N–H and O–H groups in total. The Morgan fingerprint density at radius 2 is 1.76 bits per heavy atom. The molecule has 1 unspecified atom stereocenters. The van der Waals surface area contributed by atoms with Crippen molar-refractivity contribution in [3.63, 3.8) is 0 Å². The SMILES string of the molecule is CCC(C)N(C)CCNC(=O)NC(=O)C(C)=C(C)C(=O)O. The van der Waals surface area contributed by atoms with Gasteiger partial charge in [0.25, 0.3) is 5.91 Å². The van der Waals surface area contributed by atoms with Gasteiger partial charge in [-0.05, 0) is 34.2 Å². The lowest BCUT2D eigenvalue weighted by molar-refractivity contribution is -0.133. The summed E-state index contributed by atoms with van der Waals surface area (Å²) in [6.07, 6.45) is 1.01. The number of carbonyl (C=O) groups is 3. The number of urea groups is 1. The number of nitrogens with one attached hydrogen (secondary N) is 2. The van der Waals surface area contributed by atoms with Gasteiger partial charge in [0.1, 0.15) is 0 Å². The number of carboxylic acids is 1. The Hall–Kier alpha value is -1.89. The number of hydrogen-bond acceptors (Lipinski definition) is 4. The molecule has 0 radical (unpaired) electrons. The highest BCUT2D eigenvalue weighted by atomic mass is 16.4. The van der Waals surface area contributed by atoms with E-state index in [2.05, 4.69) is 29.4 Å². The Labute approximate surface area is 125 Å². The van der Waals surface area contributed by atoms with Gasteiger partial charge in [-0.2, -0.15) is 0 Å². The molecule has 0 rings (SSSR count). The van der Waals surface area contributed by atoms with Crippen LogP contribution in [0.2, 0.25) is 0 Å². The van der Waals surface area contributed by atoms with Crippen LogP contribution in [0.25, 0.3) is 0 Å². The first-order chi connectivity index (χ1) is 9.70. The smallest absolute Gasteiger partial charge is 0.331 e. The molecule has 0 aliphatic rings. The highest BCUT2D eigenvalue weighted by Gasteiger charge is 2.15. The second-order valence-electron chi connectivity index (χ2n) is 5.00. The summed E-state index contributed by atoms with van der Waals surface area (Å²) in [5, 5.41) is 13.4. The van der Waals surface area contributed by atoms with E-state index < -0.39 is 17.9 Å². The molecule has 0 aliphatic heterocycles. The second-order valence-corrected chi connectivity index (χ2v) is 5.00. The zero-order valence-electron chi connectivity index (χ0n) is 13.3. The molecule has 3 amide bonds. The van der Waals surface area contributed by atoms with E-state index in [1.54, 1.807) is 0 Å². The van der Waals surface area contributed by atoms with Gasteiger partial charge < -0.3 is 15.3 Å².